The number of fused-ring (bicyclic) bond motifs is 1. The highest BCUT2D eigenvalue weighted by atomic mass is 32.2. The van der Waals surface area contributed by atoms with Crippen molar-refractivity contribution >= 4 is 33.4 Å². The highest BCUT2D eigenvalue weighted by Gasteiger charge is 2.48. The van der Waals surface area contributed by atoms with Crippen LogP contribution in [0.1, 0.15) is 22.1 Å². The fourth-order valence-electron chi connectivity index (χ4n) is 3.70. The van der Waals surface area contributed by atoms with Crippen molar-refractivity contribution in [1.82, 2.24) is 9.62 Å². The molecule has 178 valence electrons. The van der Waals surface area contributed by atoms with Gasteiger partial charge in [0.25, 0.3) is 0 Å². The second-order valence-corrected chi connectivity index (χ2v) is 10.3. The highest BCUT2D eigenvalue weighted by molar-refractivity contribution is 7.89. The smallest absolute Gasteiger partial charge is 0.408 e. The molecule has 1 aliphatic heterocycles. The molecule has 2 unspecified atom stereocenters. The molecule has 0 bridgehead atoms. The van der Waals surface area contributed by atoms with E-state index in [4.69, 9.17) is 9.47 Å². The topological polar surface area (TPSA) is 122 Å². The molecule has 9 nitrogen and oxygen atoms in total. The molecule has 2 N–H and O–H groups in total. The molecule has 2 heterocycles. The second-order valence-electron chi connectivity index (χ2n) is 7.48. The number of sulfonamides is 1. The number of rotatable bonds is 7. The van der Waals surface area contributed by atoms with Gasteiger partial charge in [-0.2, -0.15) is 4.31 Å². The van der Waals surface area contributed by atoms with E-state index in [2.05, 4.69) is 5.32 Å². The number of benzene rings is 2. The van der Waals surface area contributed by atoms with Crippen LogP contribution in [0.5, 0.6) is 5.75 Å². The van der Waals surface area contributed by atoms with E-state index in [-0.39, 0.29) is 18.0 Å². The molecular formula is C23H22N2O7S2. The molecule has 0 radical (unpaired) electrons. The number of carboxylic acid groups (broad SMARTS) is 1. The first-order valence-electron chi connectivity index (χ1n) is 10.2. The molecule has 0 saturated heterocycles. The molecule has 4 rings (SSSR count). The number of alkyl carbamates (subject to hydrolysis) is 1. The SMILES string of the molecule is COc1ccc(S(=O)(=O)N2Cc3ccsc3C(OC(=O)NCc3ccccc3)C2C(=O)O)cc1. The Balaban J connectivity index is 1.63. The molecule has 2 atom stereocenters. The number of methoxy groups -OCH3 is 1. The Bertz CT molecular complexity index is 1270. The zero-order valence-corrected chi connectivity index (χ0v) is 19.7. The Hall–Kier alpha value is -3.41. The van der Waals surface area contributed by atoms with Crippen molar-refractivity contribution in [3.63, 3.8) is 0 Å². The lowest BCUT2D eigenvalue weighted by molar-refractivity contribution is -0.146. The van der Waals surface area contributed by atoms with Gasteiger partial charge in [-0.3, -0.25) is 4.79 Å². The van der Waals surface area contributed by atoms with Gasteiger partial charge in [-0.05, 0) is 46.8 Å². The summed E-state index contributed by atoms with van der Waals surface area (Å²) in [5, 5.41) is 14.3. The summed E-state index contributed by atoms with van der Waals surface area (Å²) < 4.78 is 38.3. The van der Waals surface area contributed by atoms with Crippen LogP contribution in [-0.4, -0.2) is 43.0 Å². The third-order valence-corrected chi connectivity index (χ3v) is 8.26. The molecule has 34 heavy (non-hydrogen) atoms. The van der Waals surface area contributed by atoms with Gasteiger partial charge in [0.2, 0.25) is 10.0 Å². The fraction of sp³-hybridized carbons (Fsp3) is 0.217. The summed E-state index contributed by atoms with van der Waals surface area (Å²) in [6, 6.07) is 14.8. The van der Waals surface area contributed by atoms with E-state index in [1.165, 1.54) is 42.7 Å². The van der Waals surface area contributed by atoms with E-state index in [1.807, 2.05) is 30.3 Å². The van der Waals surface area contributed by atoms with Crippen LogP contribution < -0.4 is 10.1 Å². The number of aliphatic carboxylic acids is 1. The van der Waals surface area contributed by atoms with Crippen LogP contribution in [0.4, 0.5) is 4.79 Å². The average molecular weight is 503 g/mol. The van der Waals surface area contributed by atoms with E-state index in [0.717, 1.165) is 9.87 Å². The quantitative estimate of drug-likeness (QED) is 0.508. The Kier molecular flexibility index (Phi) is 6.87. The van der Waals surface area contributed by atoms with Crippen molar-refractivity contribution in [1.29, 1.82) is 0 Å². The molecule has 1 aliphatic rings. The van der Waals surface area contributed by atoms with E-state index < -0.39 is 34.2 Å². The van der Waals surface area contributed by atoms with Crippen LogP contribution in [0.25, 0.3) is 0 Å². The average Bonchev–Trinajstić information content (AvgIpc) is 3.32. The van der Waals surface area contributed by atoms with Crippen LogP contribution >= 0.6 is 11.3 Å². The number of hydrogen-bond acceptors (Lipinski definition) is 7. The van der Waals surface area contributed by atoms with Crippen molar-refractivity contribution in [2.45, 2.75) is 30.1 Å². The van der Waals surface area contributed by atoms with Crippen LogP contribution in [0.3, 0.4) is 0 Å². The van der Waals surface area contributed by atoms with Crippen molar-refractivity contribution in [3.05, 3.63) is 82.0 Å². The molecule has 0 spiro atoms. The normalized spacial score (nSPS) is 18.0. The molecule has 3 aromatic rings. The van der Waals surface area contributed by atoms with Gasteiger partial charge in [0.1, 0.15) is 5.75 Å². The van der Waals surface area contributed by atoms with Gasteiger partial charge in [0, 0.05) is 13.1 Å². The van der Waals surface area contributed by atoms with Gasteiger partial charge < -0.3 is 19.9 Å². The number of carbonyl (C=O) groups is 2. The molecule has 1 amide bonds. The molecule has 0 aliphatic carbocycles. The Morgan fingerprint density at radius 2 is 1.82 bits per heavy atom. The molecule has 0 saturated carbocycles. The number of nitrogens with one attached hydrogen (secondary N) is 1. The summed E-state index contributed by atoms with van der Waals surface area (Å²) in [6.07, 6.45) is -2.16. The molecule has 11 heteroatoms. The van der Waals surface area contributed by atoms with Crippen molar-refractivity contribution in [2.75, 3.05) is 7.11 Å². The number of carboxylic acids is 1. The number of ether oxygens (including phenoxy) is 2. The van der Waals surface area contributed by atoms with Crippen LogP contribution in [0, 0.1) is 0 Å². The molecule has 2 aromatic carbocycles. The van der Waals surface area contributed by atoms with Gasteiger partial charge in [-0.15, -0.1) is 11.3 Å². The van der Waals surface area contributed by atoms with E-state index in [1.54, 1.807) is 11.4 Å². The number of carbonyl (C=O) groups excluding carboxylic acids is 1. The standard InChI is InChI=1S/C23H22N2O7S2/c1-31-17-7-9-18(10-8-17)34(29,30)25-14-16-11-12-33-21(16)20(19(25)22(26)27)32-23(28)24-13-15-5-3-2-4-6-15/h2-12,19-20H,13-14H2,1H3,(H,24,28)(H,26,27). The predicted molar refractivity (Wildman–Crippen MR) is 124 cm³/mol. The minimum Gasteiger partial charge on any atom is -0.497 e. The molecule has 1 aromatic heterocycles. The van der Waals surface area contributed by atoms with Crippen molar-refractivity contribution < 1.29 is 32.6 Å². The van der Waals surface area contributed by atoms with Crippen LogP contribution in [0.15, 0.2) is 70.9 Å². The lowest BCUT2D eigenvalue weighted by Crippen LogP contribution is -2.51. The maximum atomic E-state index is 13.4. The minimum absolute atomic E-state index is 0.0921. The predicted octanol–water partition coefficient (Wildman–Crippen LogP) is 3.38. The second kappa shape index (κ2) is 9.84. The van der Waals surface area contributed by atoms with Gasteiger partial charge in [-0.25, -0.2) is 13.2 Å². The Morgan fingerprint density at radius 1 is 1.12 bits per heavy atom. The minimum atomic E-state index is -4.24. The van der Waals surface area contributed by atoms with Gasteiger partial charge >= 0.3 is 12.1 Å². The van der Waals surface area contributed by atoms with Crippen molar-refractivity contribution in [3.8, 4) is 5.75 Å². The van der Waals surface area contributed by atoms with Gasteiger partial charge in [-0.1, -0.05) is 30.3 Å². The monoisotopic (exact) mass is 502 g/mol. The van der Waals surface area contributed by atoms with Crippen LogP contribution in [-0.2, 0) is 32.6 Å². The Morgan fingerprint density at radius 3 is 2.47 bits per heavy atom. The summed E-state index contributed by atoms with van der Waals surface area (Å²) in [4.78, 5) is 25.3. The summed E-state index contributed by atoms with van der Waals surface area (Å²) >= 11 is 1.22. The summed E-state index contributed by atoms with van der Waals surface area (Å²) in [6.45, 7) is 0.0188. The third kappa shape index (κ3) is 4.76. The number of nitrogens with zero attached hydrogens (tertiary/aromatic N) is 1. The van der Waals surface area contributed by atoms with E-state index >= 15 is 0 Å². The zero-order valence-electron chi connectivity index (χ0n) is 18.1. The van der Waals surface area contributed by atoms with E-state index in [9.17, 15) is 23.1 Å². The number of hydrogen-bond donors (Lipinski definition) is 2. The molecule has 0 fully saturated rings. The summed E-state index contributed by atoms with van der Waals surface area (Å²) in [7, 11) is -2.78. The fourth-order valence-corrected chi connectivity index (χ4v) is 6.24. The Labute approximate surface area is 200 Å². The zero-order chi connectivity index (χ0) is 24.3. The number of amides is 1. The lowest BCUT2D eigenvalue weighted by Gasteiger charge is -2.37. The summed E-state index contributed by atoms with van der Waals surface area (Å²) in [5.41, 5.74) is 1.42. The number of thiophene rings is 1. The first kappa shape index (κ1) is 23.7. The first-order chi connectivity index (χ1) is 16.3. The largest absolute Gasteiger partial charge is 0.497 e. The first-order valence-corrected chi connectivity index (χ1v) is 12.6. The maximum absolute atomic E-state index is 13.4. The third-order valence-electron chi connectivity index (χ3n) is 5.40. The van der Waals surface area contributed by atoms with Gasteiger partial charge in [0.15, 0.2) is 12.1 Å². The van der Waals surface area contributed by atoms with E-state index in [0.29, 0.717) is 16.2 Å². The van der Waals surface area contributed by atoms with Crippen molar-refractivity contribution in [2.24, 2.45) is 0 Å². The lowest BCUT2D eigenvalue weighted by atomic mass is 10.0. The highest BCUT2D eigenvalue weighted by Crippen LogP contribution is 2.40. The summed E-state index contributed by atoms with van der Waals surface area (Å²) in [5.74, 6) is -0.958. The maximum Gasteiger partial charge on any atom is 0.408 e. The molecular weight excluding hydrogens is 480 g/mol. The van der Waals surface area contributed by atoms with Crippen LogP contribution in [0.2, 0.25) is 0 Å². The van der Waals surface area contributed by atoms with Gasteiger partial charge in [0.05, 0.1) is 16.9 Å².